The van der Waals surface area contributed by atoms with Gasteiger partial charge in [-0.3, -0.25) is 0 Å². The summed E-state index contributed by atoms with van der Waals surface area (Å²) in [5.74, 6) is -2.17. The molecule has 0 unspecified atom stereocenters. The van der Waals surface area contributed by atoms with Gasteiger partial charge in [-0.25, -0.2) is 13.2 Å². The van der Waals surface area contributed by atoms with Crippen LogP contribution in [0.1, 0.15) is 0 Å². The summed E-state index contributed by atoms with van der Waals surface area (Å²) in [6.45, 7) is 0. The van der Waals surface area contributed by atoms with Gasteiger partial charge in [-0.2, -0.15) is 0 Å². The van der Waals surface area contributed by atoms with Crippen LogP contribution in [-0.4, -0.2) is 0 Å². The summed E-state index contributed by atoms with van der Waals surface area (Å²) in [7, 11) is 0. The number of anilines is 1. The van der Waals surface area contributed by atoms with E-state index in [1.807, 2.05) is 0 Å². The first-order valence-corrected chi connectivity index (χ1v) is 5.48. The lowest BCUT2D eigenvalue weighted by atomic mass is 10.0. The molecule has 0 aliphatic carbocycles. The number of hydrogen-bond acceptors (Lipinski definition) is 1. The topological polar surface area (TPSA) is 26.0 Å². The van der Waals surface area contributed by atoms with Crippen molar-refractivity contribution in [1.29, 1.82) is 0 Å². The molecule has 0 radical (unpaired) electrons. The van der Waals surface area contributed by atoms with Gasteiger partial charge in [0, 0.05) is 21.7 Å². The van der Waals surface area contributed by atoms with Crippen molar-refractivity contribution in [3.63, 3.8) is 0 Å². The Morgan fingerprint density at radius 1 is 0.824 bits per heavy atom. The lowest BCUT2D eigenvalue weighted by Gasteiger charge is -2.07. The second-order valence-electron chi connectivity index (χ2n) is 3.48. The summed E-state index contributed by atoms with van der Waals surface area (Å²) in [4.78, 5) is 0. The standard InChI is InChI=1S/C12H7BrF3N/c13-6-1-2-9(14)7(3-6)8-4-11(16)12(17)5-10(8)15/h1-5H,17H2. The third kappa shape index (κ3) is 2.29. The van der Waals surface area contributed by atoms with Crippen LogP contribution >= 0.6 is 15.9 Å². The number of benzene rings is 2. The van der Waals surface area contributed by atoms with Crippen molar-refractivity contribution in [2.45, 2.75) is 0 Å². The first-order chi connectivity index (χ1) is 7.99. The SMILES string of the molecule is Nc1cc(F)c(-c2cc(Br)ccc2F)cc1F. The fraction of sp³-hybridized carbons (Fsp3) is 0. The predicted octanol–water partition coefficient (Wildman–Crippen LogP) is 4.12. The largest absolute Gasteiger partial charge is 0.396 e. The average molecular weight is 302 g/mol. The maximum absolute atomic E-state index is 13.6. The highest BCUT2D eigenvalue weighted by atomic mass is 79.9. The van der Waals surface area contributed by atoms with Crippen LogP contribution in [0.25, 0.3) is 11.1 Å². The van der Waals surface area contributed by atoms with Crippen molar-refractivity contribution in [1.82, 2.24) is 0 Å². The average Bonchev–Trinajstić information content (AvgIpc) is 2.27. The normalized spacial score (nSPS) is 10.6. The van der Waals surface area contributed by atoms with Gasteiger partial charge in [0.2, 0.25) is 0 Å². The highest BCUT2D eigenvalue weighted by Gasteiger charge is 2.13. The van der Waals surface area contributed by atoms with Crippen molar-refractivity contribution in [2.75, 3.05) is 5.73 Å². The molecular weight excluding hydrogens is 295 g/mol. The second-order valence-corrected chi connectivity index (χ2v) is 4.39. The van der Waals surface area contributed by atoms with E-state index in [9.17, 15) is 13.2 Å². The van der Waals surface area contributed by atoms with Crippen LogP contribution in [0.2, 0.25) is 0 Å². The van der Waals surface area contributed by atoms with Gasteiger partial charge in [-0.1, -0.05) is 15.9 Å². The third-order valence-electron chi connectivity index (χ3n) is 2.30. The Morgan fingerprint density at radius 3 is 2.18 bits per heavy atom. The molecule has 0 saturated heterocycles. The minimum atomic E-state index is -0.777. The summed E-state index contributed by atoms with van der Waals surface area (Å²) < 4.78 is 41.0. The van der Waals surface area contributed by atoms with Crippen LogP contribution in [0.3, 0.4) is 0 Å². The molecule has 0 spiro atoms. The van der Waals surface area contributed by atoms with Crippen LogP contribution in [0.5, 0.6) is 0 Å². The van der Waals surface area contributed by atoms with Gasteiger partial charge in [0.05, 0.1) is 5.69 Å². The molecule has 0 bridgehead atoms. The highest BCUT2D eigenvalue weighted by molar-refractivity contribution is 9.10. The van der Waals surface area contributed by atoms with E-state index in [4.69, 9.17) is 5.73 Å². The predicted molar refractivity (Wildman–Crippen MR) is 63.9 cm³/mol. The van der Waals surface area contributed by atoms with Crippen LogP contribution in [0.4, 0.5) is 18.9 Å². The van der Waals surface area contributed by atoms with E-state index in [1.165, 1.54) is 18.2 Å². The monoisotopic (exact) mass is 301 g/mol. The zero-order valence-electron chi connectivity index (χ0n) is 8.48. The molecule has 0 heterocycles. The molecule has 0 saturated carbocycles. The van der Waals surface area contributed by atoms with Crippen molar-refractivity contribution in [3.05, 3.63) is 52.3 Å². The molecule has 2 aromatic carbocycles. The van der Waals surface area contributed by atoms with Crippen LogP contribution in [0.15, 0.2) is 34.8 Å². The van der Waals surface area contributed by atoms with Gasteiger partial charge in [0.15, 0.2) is 0 Å². The number of halogens is 4. The van der Waals surface area contributed by atoms with Crippen molar-refractivity contribution in [2.24, 2.45) is 0 Å². The number of rotatable bonds is 1. The molecule has 0 aromatic heterocycles. The third-order valence-corrected chi connectivity index (χ3v) is 2.80. The quantitative estimate of drug-likeness (QED) is 0.788. The summed E-state index contributed by atoms with van der Waals surface area (Å²) in [5.41, 5.74) is 4.74. The van der Waals surface area contributed by atoms with Crippen LogP contribution < -0.4 is 5.73 Å². The Hall–Kier alpha value is -1.49. The van der Waals surface area contributed by atoms with E-state index in [1.54, 1.807) is 0 Å². The Labute approximate surface area is 104 Å². The van der Waals surface area contributed by atoms with Gasteiger partial charge in [-0.15, -0.1) is 0 Å². The van der Waals surface area contributed by atoms with Gasteiger partial charge in [0.1, 0.15) is 17.5 Å². The maximum atomic E-state index is 13.6. The summed E-state index contributed by atoms with van der Waals surface area (Å²) >= 11 is 3.14. The molecule has 2 rings (SSSR count). The lowest BCUT2D eigenvalue weighted by molar-refractivity contribution is 0.601. The molecule has 2 aromatic rings. The number of hydrogen-bond donors (Lipinski definition) is 1. The van der Waals surface area contributed by atoms with E-state index >= 15 is 0 Å². The Kier molecular flexibility index (Phi) is 3.11. The first kappa shape index (κ1) is 12.0. The molecule has 0 aliphatic heterocycles. The molecule has 88 valence electrons. The Balaban J connectivity index is 2.68. The molecule has 1 nitrogen and oxygen atoms in total. The maximum Gasteiger partial charge on any atom is 0.146 e. The van der Waals surface area contributed by atoms with Gasteiger partial charge in [0.25, 0.3) is 0 Å². The summed E-state index contributed by atoms with van der Waals surface area (Å²) in [6, 6.07) is 5.75. The molecule has 0 aliphatic rings. The molecule has 2 N–H and O–H groups in total. The van der Waals surface area contributed by atoms with Crippen molar-refractivity contribution in [3.8, 4) is 11.1 Å². The van der Waals surface area contributed by atoms with Crippen LogP contribution in [-0.2, 0) is 0 Å². The van der Waals surface area contributed by atoms with Crippen molar-refractivity contribution < 1.29 is 13.2 Å². The molecular formula is C12H7BrF3N. The summed E-state index contributed by atoms with van der Waals surface area (Å²) in [6.07, 6.45) is 0. The van der Waals surface area contributed by atoms with Gasteiger partial charge in [-0.05, 0) is 24.3 Å². The van der Waals surface area contributed by atoms with E-state index in [2.05, 4.69) is 15.9 Å². The lowest BCUT2D eigenvalue weighted by Crippen LogP contribution is -1.96. The van der Waals surface area contributed by atoms with Gasteiger partial charge < -0.3 is 5.73 Å². The van der Waals surface area contributed by atoms with Gasteiger partial charge >= 0.3 is 0 Å². The summed E-state index contributed by atoms with van der Waals surface area (Å²) in [5, 5.41) is 0. The Bertz CT molecular complexity index is 584. The molecule has 17 heavy (non-hydrogen) atoms. The number of nitrogens with two attached hydrogens (primary N) is 1. The molecule has 5 heteroatoms. The van der Waals surface area contributed by atoms with E-state index in [0.717, 1.165) is 12.1 Å². The first-order valence-electron chi connectivity index (χ1n) is 4.69. The Morgan fingerprint density at radius 2 is 1.47 bits per heavy atom. The second kappa shape index (κ2) is 4.41. The van der Waals surface area contributed by atoms with Crippen LogP contribution in [0, 0.1) is 17.5 Å². The fourth-order valence-electron chi connectivity index (χ4n) is 1.47. The molecule has 0 atom stereocenters. The minimum Gasteiger partial charge on any atom is -0.396 e. The fourth-order valence-corrected chi connectivity index (χ4v) is 1.83. The zero-order valence-corrected chi connectivity index (χ0v) is 10.1. The van der Waals surface area contributed by atoms with E-state index < -0.39 is 17.5 Å². The smallest absolute Gasteiger partial charge is 0.146 e. The zero-order chi connectivity index (χ0) is 12.6. The van der Waals surface area contributed by atoms with E-state index in [-0.39, 0.29) is 16.8 Å². The molecule has 0 amide bonds. The number of nitrogen functional groups attached to an aromatic ring is 1. The molecule has 0 fully saturated rings. The van der Waals surface area contributed by atoms with Crippen molar-refractivity contribution >= 4 is 21.6 Å². The van der Waals surface area contributed by atoms with E-state index in [0.29, 0.717) is 4.47 Å². The minimum absolute atomic E-state index is 0.0178. The highest BCUT2D eigenvalue weighted by Crippen LogP contribution is 2.30.